The van der Waals surface area contributed by atoms with Gasteiger partial charge >= 0.3 is 6.18 Å². The molecule has 0 atom stereocenters. The molecule has 0 saturated heterocycles. The monoisotopic (exact) mass is 233 g/mol. The van der Waals surface area contributed by atoms with Gasteiger partial charge in [0.1, 0.15) is 0 Å². The van der Waals surface area contributed by atoms with Crippen LogP contribution >= 0.6 is 0 Å². The second-order valence-electron chi connectivity index (χ2n) is 2.96. The average Bonchev–Trinajstić information content (AvgIpc) is 2.65. The van der Waals surface area contributed by atoms with Crippen LogP contribution < -0.4 is 5.32 Å². The van der Waals surface area contributed by atoms with Crippen LogP contribution in [0.3, 0.4) is 0 Å². The molecular weight excluding hydrogens is 223 g/mol. The lowest BCUT2D eigenvalue weighted by Gasteiger charge is -2.03. The number of alkyl halides is 3. The van der Waals surface area contributed by atoms with Crippen LogP contribution in [0, 0.1) is 0 Å². The lowest BCUT2D eigenvalue weighted by Crippen LogP contribution is -2.25. The van der Waals surface area contributed by atoms with Gasteiger partial charge < -0.3 is 5.32 Å². The summed E-state index contributed by atoms with van der Waals surface area (Å²) in [7, 11) is 0. The molecule has 0 aliphatic carbocycles. The maximum atomic E-state index is 12.1. The Morgan fingerprint density at radius 3 is 2.81 bits per heavy atom. The summed E-state index contributed by atoms with van der Waals surface area (Å²) in [5.74, 6) is -0.372. The Hall–Kier alpha value is -1.79. The molecule has 0 aliphatic heterocycles. The van der Waals surface area contributed by atoms with Gasteiger partial charge in [0.25, 0.3) is 0 Å². The molecule has 7 heteroatoms. The number of nitrogens with zero attached hydrogens (tertiary/aromatic N) is 2. The SMILES string of the molecule is C=CC(=O)NCCn1ccc(C(F)(F)F)n1. The van der Waals surface area contributed by atoms with Gasteiger partial charge in [-0.1, -0.05) is 6.58 Å². The summed E-state index contributed by atoms with van der Waals surface area (Å²) >= 11 is 0. The van der Waals surface area contributed by atoms with Gasteiger partial charge in [0.2, 0.25) is 5.91 Å². The predicted octanol–water partition coefficient (Wildman–Crippen LogP) is 1.20. The van der Waals surface area contributed by atoms with Crippen molar-refractivity contribution < 1.29 is 18.0 Å². The van der Waals surface area contributed by atoms with Gasteiger partial charge in [0.15, 0.2) is 5.69 Å². The van der Waals surface area contributed by atoms with Crippen LogP contribution in [0.25, 0.3) is 0 Å². The normalized spacial score (nSPS) is 11.2. The van der Waals surface area contributed by atoms with E-state index in [0.717, 1.165) is 16.8 Å². The molecule has 1 amide bonds. The van der Waals surface area contributed by atoms with E-state index in [1.807, 2.05) is 0 Å². The van der Waals surface area contributed by atoms with Crippen molar-refractivity contribution in [3.05, 3.63) is 30.6 Å². The van der Waals surface area contributed by atoms with Crippen molar-refractivity contribution in [2.45, 2.75) is 12.7 Å². The summed E-state index contributed by atoms with van der Waals surface area (Å²) in [5, 5.41) is 5.75. The number of carbonyl (C=O) groups excluding carboxylic acids is 1. The minimum Gasteiger partial charge on any atom is -0.351 e. The summed E-state index contributed by atoms with van der Waals surface area (Å²) in [5.41, 5.74) is -0.942. The first-order chi connectivity index (χ1) is 7.43. The molecule has 0 spiro atoms. The molecule has 1 N–H and O–H groups in total. The Morgan fingerprint density at radius 1 is 1.62 bits per heavy atom. The van der Waals surface area contributed by atoms with Crippen molar-refractivity contribution in [2.24, 2.45) is 0 Å². The smallest absolute Gasteiger partial charge is 0.351 e. The van der Waals surface area contributed by atoms with Crippen molar-refractivity contribution >= 4 is 5.91 Å². The first-order valence-electron chi connectivity index (χ1n) is 4.44. The van der Waals surface area contributed by atoms with E-state index in [0.29, 0.717) is 0 Å². The molecule has 88 valence electrons. The number of carbonyl (C=O) groups is 1. The van der Waals surface area contributed by atoms with Crippen LogP contribution in [-0.2, 0) is 17.5 Å². The fraction of sp³-hybridized carbons (Fsp3) is 0.333. The maximum absolute atomic E-state index is 12.1. The molecule has 0 aliphatic rings. The highest BCUT2D eigenvalue weighted by molar-refractivity contribution is 5.86. The van der Waals surface area contributed by atoms with Gasteiger partial charge in [-0.25, -0.2) is 0 Å². The van der Waals surface area contributed by atoms with E-state index < -0.39 is 11.9 Å². The van der Waals surface area contributed by atoms with E-state index in [9.17, 15) is 18.0 Å². The standard InChI is InChI=1S/C9H10F3N3O/c1-2-8(16)13-4-6-15-5-3-7(14-15)9(10,11)12/h2-3,5H,1,4,6H2,(H,13,16). The van der Waals surface area contributed by atoms with Gasteiger partial charge in [-0.2, -0.15) is 18.3 Å². The Balaban J connectivity index is 2.47. The van der Waals surface area contributed by atoms with Gasteiger partial charge in [0.05, 0.1) is 6.54 Å². The Labute approximate surface area is 89.7 Å². The van der Waals surface area contributed by atoms with Crippen molar-refractivity contribution in [3.63, 3.8) is 0 Å². The van der Waals surface area contributed by atoms with Crippen LogP contribution in [0.4, 0.5) is 13.2 Å². The Kier molecular flexibility index (Phi) is 3.70. The van der Waals surface area contributed by atoms with Gasteiger partial charge in [-0.15, -0.1) is 0 Å². The zero-order valence-corrected chi connectivity index (χ0v) is 8.29. The van der Waals surface area contributed by atoms with E-state index >= 15 is 0 Å². The third-order valence-electron chi connectivity index (χ3n) is 1.76. The molecule has 0 bridgehead atoms. The molecule has 1 rings (SSSR count). The van der Waals surface area contributed by atoms with Crippen LogP contribution in [0.15, 0.2) is 24.9 Å². The lowest BCUT2D eigenvalue weighted by atomic mass is 10.4. The van der Waals surface area contributed by atoms with Gasteiger partial charge in [-0.3, -0.25) is 9.48 Å². The molecule has 0 radical (unpaired) electrons. The second-order valence-corrected chi connectivity index (χ2v) is 2.96. The summed E-state index contributed by atoms with van der Waals surface area (Å²) in [4.78, 5) is 10.7. The zero-order valence-electron chi connectivity index (χ0n) is 8.29. The Bertz CT molecular complexity index is 384. The molecule has 0 aromatic carbocycles. The van der Waals surface area contributed by atoms with Crippen LogP contribution in [-0.4, -0.2) is 22.2 Å². The number of rotatable bonds is 4. The number of nitrogens with one attached hydrogen (secondary N) is 1. The van der Waals surface area contributed by atoms with E-state index in [1.54, 1.807) is 0 Å². The van der Waals surface area contributed by atoms with Crippen molar-refractivity contribution in [1.29, 1.82) is 0 Å². The topological polar surface area (TPSA) is 46.9 Å². The third kappa shape index (κ3) is 3.41. The van der Waals surface area contributed by atoms with Crippen molar-refractivity contribution in [3.8, 4) is 0 Å². The predicted molar refractivity (Wildman–Crippen MR) is 50.4 cm³/mol. The number of halogens is 3. The minimum atomic E-state index is -4.43. The van der Waals surface area contributed by atoms with Gasteiger partial charge in [-0.05, 0) is 12.1 Å². The molecule has 1 aromatic heterocycles. The number of aromatic nitrogens is 2. The van der Waals surface area contributed by atoms with E-state index in [2.05, 4.69) is 17.0 Å². The molecule has 4 nitrogen and oxygen atoms in total. The highest BCUT2D eigenvalue weighted by Crippen LogP contribution is 2.26. The lowest BCUT2D eigenvalue weighted by molar-refractivity contribution is -0.141. The van der Waals surface area contributed by atoms with Gasteiger partial charge in [0, 0.05) is 12.7 Å². The van der Waals surface area contributed by atoms with E-state index in [-0.39, 0.29) is 19.0 Å². The summed E-state index contributed by atoms with van der Waals surface area (Å²) in [6.45, 7) is 3.61. The molecular formula is C9H10F3N3O. The number of amides is 1. The minimum absolute atomic E-state index is 0.176. The zero-order chi connectivity index (χ0) is 12.2. The highest BCUT2D eigenvalue weighted by atomic mass is 19.4. The second kappa shape index (κ2) is 4.82. The van der Waals surface area contributed by atoms with E-state index in [4.69, 9.17) is 0 Å². The van der Waals surface area contributed by atoms with Crippen LogP contribution in [0.1, 0.15) is 5.69 Å². The van der Waals surface area contributed by atoms with Crippen LogP contribution in [0.5, 0.6) is 0 Å². The van der Waals surface area contributed by atoms with E-state index in [1.165, 1.54) is 6.20 Å². The molecule has 1 heterocycles. The molecule has 0 saturated carbocycles. The maximum Gasteiger partial charge on any atom is 0.435 e. The van der Waals surface area contributed by atoms with Crippen molar-refractivity contribution in [1.82, 2.24) is 15.1 Å². The largest absolute Gasteiger partial charge is 0.435 e. The first kappa shape index (κ1) is 12.3. The first-order valence-corrected chi connectivity index (χ1v) is 4.44. The fourth-order valence-electron chi connectivity index (χ4n) is 1.00. The highest BCUT2D eigenvalue weighted by Gasteiger charge is 2.33. The molecule has 0 fully saturated rings. The average molecular weight is 233 g/mol. The fourth-order valence-corrected chi connectivity index (χ4v) is 1.00. The van der Waals surface area contributed by atoms with Crippen LogP contribution in [0.2, 0.25) is 0 Å². The summed E-state index contributed by atoms with van der Waals surface area (Å²) in [6.07, 6.45) is -2.14. The molecule has 16 heavy (non-hydrogen) atoms. The molecule has 0 unspecified atom stereocenters. The summed E-state index contributed by atoms with van der Waals surface area (Å²) in [6, 6.07) is 0.884. The summed E-state index contributed by atoms with van der Waals surface area (Å²) < 4.78 is 37.6. The third-order valence-corrected chi connectivity index (χ3v) is 1.76. The molecule has 1 aromatic rings. The van der Waals surface area contributed by atoms with Crippen molar-refractivity contribution in [2.75, 3.05) is 6.54 Å². The quantitative estimate of drug-likeness (QED) is 0.794. The number of hydrogen-bond donors (Lipinski definition) is 1. The Morgan fingerprint density at radius 2 is 2.31 bits per heavy atom. The number of hydrogen-bond acceptors (Lipinski definition) is 2.